The Morgan fingerprint density at radius 2 is 2.09 bits per heavy atom. The molecule has 2 aromatic heterocycles. The molecule has 3 aromatic rings. The molecule has 9 nitrogen and oxygen atoms in total. The molecule has 0 aliphatic carbocycles. The zero-order valence-corrected chi connectivity index (χ0v) is 18.7. The number of nitrogens with one attached hydrogen (secondary N) is 1. The third-order valence-corrected chi connectivity index (χ3v) is 5.70. The number of likely N-dealkylation sites (N-methyl/N-ethyl adjacent to an activating group) is 1. The molecule has 1 aromatic carbocycles. The Labute approximate surface area is 192 Å². The predicted molar refractivity (Wildman–Crippen MR) is 124 cm³/mol. The Morgan fingerprint density at radius 3 is 2.88 bits per heavy atom. The summed E-state index contributed by atoms with van der Waals surface area (Å²) in [5.41, 5.74) is 2.31. The van der Waals surface area contributed by atoms with Gasteiger partial charge in [0.1, 0.15) is 11.9 Å². The van der Waals surface area contributed by atoms with Gasteiger partial charge in [0, 0.05) is 44.3 Å². The van der Waals surface area contributed by atoms with Gasteiger partial charge in [-0.25, -0.2) is 9.97 Å². The van der Waals surface area contributed by atoms with Crippen LogP contribution in [0.15, 0.2) is 48.7 Å². The Bertz CT molecular complexity index is 1170. The lowest BCUT2D eigenvalue weighted by Gasteiger charge is -2.33. The molecule has 1 saturated heterocycles. The minimum Gasteiger partial charge on any atom is -0.395 e. The molecule has 1 aliphatic rings. The second-order valence-corrected chi connectivity index (χ2v) is 7.85. The molecular weight excluding hydrogens is 422 g/mol. The van der Waals surface area contributed by atoms with E-state index in [0.29, 0.717) is 47.9 Å². The van der Waals surface area contributed by atoms with Crippen LogP contribution in [0, 0.1) is 0 Å². The highest BCUT2D eigenvalue weighted by atomic mass is 16.5. The van der Waals surface area contributed by atoms with Crippen molar-refractivity contribution in [3.8, 4) is 0 Å². The highest BCUT2D eigenvalue weighted by Gasteiger charge is 2.29. The van der Waals surface area contributed by atoms with Gasteiger partial charge in [0.2, 0.25) is 0 Å². The monoisotopic (exact) mass is 449 g/mol. The number of aliphatic hydroxyl groups is 1. The maximum absolute atomic E-state index is 13.1. The lowest BCUT2D eigenvalue weighted by molar-refractivity contribution is -0.0246. The fourth-order valence-electron chi connectivity index (χ4n) is 3.89. The molecule has 0 spiro atoms. The summed E-state index contributed by atoms with van der Waals surface area (Å²) in [5.74, 6) is 0.308. The largest absolute Gasteiger partial charge is 0.395 e. The number of carbonyl (C=O) groups is 2. The van der Waals surface area contributed by atoms with Crippen LogP contribution in [-0.4, -0.2) is 83.6 Å². The van der Waals surface area contributed by atoms with Crippen molar-refractivity contribution in [1.29, 1.82) is 0 Å². The van der Waals surface area contributed by atoms with Crippen molar-refractivity contribution in [3.05, 3.63) is 65.5 Å². The van der Waals surface area contributed by atoms with Gasteiger partial charge in [0.05, 0.1) is 36.5 Å². The second kappa shape index (κ2) is 9.93. The van der Waals surface area contributed by atoms with E-state index in [4.69, 9.17) is 9.72 Å². The minimum atomic E-state index is -0.465. The van der Waals surface area contributed by atoms with Crippen LogP contribution in [0.25, 0.3) is 10.9 Å². The summed E-state index contributed by atoms with van der Waals surface area (Å²) in [5, 5.41) is 12.9. The summed E-state index contributed by atoms with van der Waals surface area (Å²) in [6, 6.07) is 12.6. The first-order valence-corrected chi connectivity index (χ1v) is 10.8. The van der Waals surface area contributed by atoms with Crippen molar-refractivity contribution in [2.75, 3.05) is 52.3 Å². The van der Waals surface area contributed by atoms with Crippen molar-refractivity contribution in [2.24, 2.45) is 0 Å². The van der Waals surface area contributed by atoms with Crippen LogP contribution >= 0.6 is 0 Å². The number of morpholine rings is 1. The van der Waals surface area contributed by atoms with Gasteiger partial charge >= 0.3 is 0 Å². The molecule has 172 valence electrons. The van der Waals surface area contributed by atoms with Gasteiger partial charge in [-0.1, -0.05) is 18.2 Å². The van der Waals surface area contributed by atoms with Gasteiger partial charge in [0.15, 0.2) is 0 Å². The third-order valence-electron chi connectivity index (χ3n) is 5.70. The topological polar surface area (TPSA) is 108 Å². The number of anilines is 1. The Kier molecular flexibility index (Phi) is 6.81. The van der Waals surface area contributed by atoms with Crippen molar-refractivity contribution in [1.82, 2.24) is 19.8 Å². The molecule has 1 fully saturated rings. The van der Waals surface area contributed by atoms with E-state index in [9.17, 15) is 14.7 Å². The number of aromatic nitrogens is 2. The quantitative estimate of drug-likeness (QED) is 0.592. The number of hydrogen-bond acceptors (Lipinski definition) is 7. The number of fused-ring (bicyclic) bond motifs is 1. The third kappa shape index (κ3) is 4.79. The van der Waals surface area contributed by atoms with Crippen LogP contribution in [-0.2, 0) is 4.74 Å². The number of hydrogen-bond donors (Lipinski definition) is 2. The van der Waals surface area contributed by atoms with E-state index in [-0.39, 0.29) is 25.0 Å². The molecule has 2 N–H and O–H groups in total. The SMILES string of the molecule is CNc1cc(C(=O)N2CCO[C@H](c3cc(C(=O)N(C)CCO)c4ccccc4n3)C2)ccn1. The van der Waals surface area contributed by atoms with Gasteiger partial charge in [0.25, 0.3) is 11.8 Å². The molecule has 1 aliphatic heterocycles. The van der Waals surface area contributed by atoms with Gasteiger partial charge in [-0.05, 0) is 24.3 Å². The van der Waals surface area contributed by atoms with Crippen molar-refractivity contribution in [3.63, 3.8) is 0 Å². The average Bonchev–Trinajstić information content (AvgIpc) is 2.87. The number of para-hydroxylation sites is 1. The highest BCUT2D eigenvalue weighted by molar-refractivity contribution is 6.06. The summed E-state index contributed by atoms with van der Waals surface area (Å²) < 4.78 is 5.97. The van der Waals surface area contributed by atoms with Gasteiger partial charge in [-0.15, -0.1) is 0 Å². The molecule has 1 atom stereocenters. The Balaban J connectivity index is 1.64. The standard InChI is InChI=1S/C24H27N5O4/c1-25-22-13-16(7-8-26-22)23(31)29-10-12-33-21(15-29)20-14-18(24(32)28(2)9-11-30)17-5-3-4-6-19(17)27-20/h3-8,13-14,21,30H,9-12,15H2,1-2H3,(H,25,26)/t21-/m0/s1. The zero-order chi connectivity index (χ0) is 23.4. The summed E-state index contributed by atoms with van der Waals surface area (Å²) in [7, 11) is 3.41. The summed E-state index contributed by atoms with van der Waals surface area (Å²) >= 11 is 0. The van der Waals surface area contributed by atoms with E-state index in [0.717, 1.165) is 5.39 Å². The number of pyridine rings is 2. The fourth-order valence-corrected chi connectivity index (χ4v) is 3.89. The average molecular weight is 450 g/mol. The van der Waals surface area contributed by atoms with Crippen LogP contribution in [0.3, 0.4) is 0 Å². The highest BCUT2D eigenvalue weighted by Crippen LogP contribution is 2.27. The van der Waals surface area contributed by atoms with Gasteiger partial charge < -0.3 is 25.0 Å². The Hall–Kier alpha value is -3.56. The normalized spacial score (nSPS) is 16.0. The molecule has 0 bridgehead atoms. The van der Waals surface area contributed by atoms with E-state index in [2.05, 4.69) is 10.3 Å². The molecule has 0 unspecified atom stereocenters. The number of nitrogens with zero attached hydrogens (tertiary/aromatic N) is 4. The minimum absolute atomic E-state index is 0.109. The molecule has 0 saturated carbocycles. The maximum atomic E-state index is 13.1. The van der Waals surface area contributed by atoms with Crippen LogP contribution in [0.5, 0.6) is 0 Å². The number of rotatable bonds is 6. The van der Waals surface area contributed by atoms with E-state index >= 15 is 0 Å². The zero-order valence-electron chi connectivity index (χ0n) is 18.7. The molecule has 2 amide bonds. The molecular formula is C24H27N5O4. The molecule has 4 rings (SSSR count). The Morgan fingerprint density at radius 1 is 1.27 bits per heavy atom. The van der Waals surface area contributed by atoms with Crippen LogP contribution < -0.4 is 5.32 Å². The molecule has 3 heterocycles. The summed E-state index contributed by atoms with van der Waals surface area (Å²) in [4.78, 5) is 38.3. The number of benzene rings is 1. The van der Waals surface area contributed by atoms with Crippen molar-refractivity contribution in [2.45, 2.75) is 6.10 Å². The first-order valence-electron chi connectivity index (χ1n) is 10.8. The van der Waals surface area contributed by atoms with E-state index < -0.39 is 6.10 Å². The smallest absolute Gasteiger partial charge is 0.254 e. The predicted octanol–water partition coefficient (Wildman–Crippen LogP) is 1.95. The van der Waals surface area contributed by atoms with Gasteiger partial charge in [-0.2, -0.15) is 0 Å². The second-order valence-electron chi connectivity index (χ2n) is 7.85. The number of ether oxygens (including phenoxy) is 1. The summed E-state index contributed by atoms with van der Waals surface area (Å²) in [6.45, 7) is 1.26. The van der Waals surface area contributed by atoms with E-state index in [1.54, 1.807) is 43.4 Å². The maximum Gasteiger partial charge on any atom is 0.254 e. The van der Waals surface area contributed by atoms with Crippen molar-refractivity contribution < 1.29 is 19.4 Å². The van der Waals surface area contributed by atoms with Crippen molar-refractivity contribution >= 4 is 28.5 Å². The molecule has 9 heteroatoms. The van der Waals surface area contributed by atoms with Crippen LogP contribution in [0.4, 0.5) is 5.82 Å². The van der Waals surface area contributed by atoms with Crippen LogP contribution in [0.2, 0.25) is 0 Å². The first kappa shape index (κ1) is 22.6. The molecule has 33 heavy (non-hydrogen) atoms. The lowest BCUT2D eigenvalue weighted by Crippen LogP contribution is -2.42. The summed E-state index contributed by atoms with van der Waals surface area (Å²) in [6.07, 6.45) is 1.13. The van der Waals surface area contributed by atoms with Crippen LogP contribution in [0.1, 0.15) is 32.5 Å². The number of amides is 2. The fraction of sp³-hybridized carbons (Fsp3) is 0.333. The first-order chi connectivity index (χ1) is 16.0. The van der Waals surface area contributed by atoms with Gasteiger partial charge in [-0.3, -0.25) is 9.59 Å². The lowest BCUT2D eigenvalue weighted by atomic mass is 10.0. The number of carbonyl (C=O) groups excluding carboxylic acids is 2. The number of aliphatic hydroxyl groups excluding tert-OH is 1. The van der Waals surface area contributed by atoms with E-state index in [1.165, 1.54) is 4.90 Å². The van der Waals surface area contributed by atoms with E-state index in [1.807, 2.05) is 24.3 Å². The molecule has 0 radical (unpaired) electrons.